The van der Waals surface area contributed by atoms with Gasteiger partial charge in [-0.3, -0.25) is 9.59 Å². The van der Waals surface area contributed by atoms with Gasteiger partial charge in [0.15, 0.2) is 0 Å². The van der Waals surface area contributed by atoms with E-state index in [2.05, 4.69) is 10.6 Å². The number of hydrogen-bond donors (Lipinski definition) is 3. The van der Waals surface area contributed by atoms with Crippen molar-refractivity contribution in [1.29, 1.82) is 0 Å². The molecule has 34 heavy (non-hydrogen) atoms. The molecule has 0 heterocycles. The van der Waals surface area contributed by atoms with Crippen LogP contribution >= 0.6 is 0 Å². The van der Waals surface area contributed by atoms with E-state index in [0.29, 0.717) is 6.42 Å². The van der Waals surface area contributed by atoms with Crippen molar-refractivity contribution in [2.24, 2.45) is 11.8 Å². The third-order valence-corrected chi connectivity index (χ3v) is 6.49. The molecular formula is C25H26F2N2O5. The number of alkyl carbamates (subject to hydrolysis) is 1. The van der Waals surface area contributed by atoms with Gasteiger partial charge in [0.2, 0.25) is 5.91 Å². The van der Waals surface area contributed by atoms with Crippen molar-refractivity contribution in [2.45, 2.75) is 37.6 Å². The first-order valence-corrected chi connectivity index (χ1v) is 11.3. The summed E-state index contributed by atoms with van der Waals surface area (Å²) in [5.41, 5.74) is 4.29. The minimum absolute atomic E-state index is 0.0783. The van der Waals surface area contributed by atoms with Crippen molar-refractivity contribution in [3.8, 4) is 11.1 Å². The Kier molecular flexibility index (Phi) is 6.54. The van der Waals surface area contributed by atoms with Gasteiger partial charge in [-0.2, -0.15) is 0 Å². The molecule has 9 heteroatoms. The number of halogens is 2. The Hall–Kier alpha value is -3.49. The SMILES string of the molecule is CCC[C@@H](NC(=O)OCC1c2ccccc2-c2ccccc21)C(=O)NC[C@@H]1[C@H](C(=O)O)C1(F)F. The summed E-state index contributed by atoms with van der Waals surface area (Å²) in [4.78, 5) is 35.9. The first-order valence-electron chi connectivity index (χ1n) is 11.3. The van der Waals surface area contributed by atoms with E-state index in [-0.39, 0.29) is 18.9 Å². The number of carbonyl (C=O) groups is 3. The molecule has 1 fully saturated rings. The lowest BCUT2D eigenvalue weighted by Crippen LogP contribution is -2.47. The molecule has 2 aliphatic carbocycles. The summed E-state index contributed by atoms with van der Waals surface area (Å²) >= 11 is 0. The number of carboxylic acids is 1. The largest absolute Gasteiger partial charge is 0.481 e. The monoisotopic (exact) mass is 472 g/mol. The summed E-state index contributed by atoms with van der Waals surface area (Å²) in [5.74, 6) is -8.98. The second-order valence-corrected chi connectivity index (χ2v) is 8.65. The van der Waals surface area contributed by atoms with Gasteiger partial charge < -0.3 is 20.5 Å². The van der Waals surface area contributed by atoms with E-state index >= 15 is 0 Å². The predicted octanol–water partition coefficient (Wildman–Crippen LogP) is 3.78. The number of ether oxygens (including phenoxy) is 1. The molecule has 0 aliphatic heterocycles. The zero-order chi connectivity index (χ0) is 24.5. The second kappa shape index (κ2) is 9.40. The lowest BCUT2D eigenvalue weighted by Gasteiger charge is -2.19. The molecule has 3 N–H and O–H groups in total. The van der Waals surface area contributed by atoms with Crippen molar-refractivity contribution in [3.05, 3.63) is 59.7 Å². The van der Waals surface area contributed by atoms with Gasteiger partial charge in [-0.05, 0) is 28.7 Å². The van der Waals surface area contributed by atoms with E-state index in [1.807, 2.05) is 55.5 Å². The molecule has 0 spiro atoms. The Balaban J connectivity index is 1.34. The molecule has 0 radical (unpaired) electrons. The van der Waals surface area contributed by atoms with Crippen molar-refractivity contribution in [3.63, 3.8) is 0 Å². The number of hydrogen-bond acceptors (Lipinski definition) is 4. The van der Waals surface area contributed by atoms with Crippen LogP contribution in [-0.2, 0) is 14.3 Å². The van der Waals surface area contributed by atoms with E-state index in [9.17, 15) is 23.2 Å². The fraction of sp³-hybridized carbons (Fsp3) is 0.400. The minimum atomic E-state index is -3.35. The molecule has 2 amide bonds. The van der Waals surface area contributed by atoms with E-state index in [1.165, 1.54) is 0 Å². The first kappa shape index (κ1) is 23.7. The lowest BCUT2D eigenvalue weighted by atomic mass is 9.98. The average Bonchev–Trinajstić information content (AvgIpc) is 3.23. The molecule has 2 aromatic carbocycles. The van der Waals surface area contributed by atoms with Crippen LogP contribution in [-0.4, -0.2) is 48.2 Å². The van der Waals surface area contributed by atoms with Crippen molar-refractivity contribution in [1.82, 2.24) is 10.6 Å². The zero-order valence-corrected chi connectivity index (χ0v) is 18.6. The fourth-order valence-electron chi connectivity index (χ4n) is 4.65. The minimum Gasteiger partial charge on any atom is -0.481 e. The molecule has 2 aromatic rings. The van der Waals surface area contributed by atoms with Crippen LogP contribution in [0, 0.1) is 11.8 Å². The summed E-state index contributed by atoms with van der Waals surface area (Å²) in [7, 11) is 0. The second-order valence-electron chi connectivity index (χ2n) is 8.65. The molecule has 0 bridgehead atoms. The van der Waals surface area contributed by atoms with Crippen LogP contribution in [0.5, 0.6) is 0 Å². The molecule has 7 nitrogen and oxygen atoms in total. The number of fused-ring (bicyclic) bond motifs is 3. The Morgan fingerprint density at radius 2 is 1.65 bits per heavy atom. The Labute approximate surface area is 195 Å². The van der Waals surface area contributed by atoms with E-state index in [0.717, 1.165) is 22.3 Å². The molecule has 0 unspecified atom stereocenters. The number of nitrogens with one attached hydrogen (secondary N) is 2. The third kappa shape index (κ3) is 4.47. The van der Waals surface area contributed by atoms with E-state index in [4.69, 9.17) is 9.84 Å². The van der Waals surface area contributed by atoms with Gasteiger partial charge in [-0.1, -0.05) is 61.9 Å². The molecule has 1 saturated carbocycles. The number of carboxylic acid groups (broad SMARTS) is 1. The highest BCUT2D eigenvalue weighted by atomic mass is 19.3. The number of alkyl halides is 2. The highest BCUT2D eigenvalue weighted by molar-refractivity contribution is 5.86. The summed E-state index contributed by atoms with van der Waals surface area (Å²) in [6.45, 7) is 1.42. The number of carbonyl (C=O) groups excluding carboxylic acids is 2. The summed E-state index contributed by atoms with van der Waals surface area (Å²) in [5, 5.41) is 13.7. The predicted molar refractivity (Wildman–Crippen MR) is 119 cm³/mol. The smallest absolute Gasteiger partial charge is 0.407 e. The maximum absolute atomic E-state index is 13.6. The van der Waals surface area contributed by atoms with Crippen LogP contribution in [0.4, 0.5) is 13.6 Å². The normalized spacial score (nSPS) is 20.6. The zero-order valence-electron chi connectivity index (χ0n) is 18.6. The average molecular weight is 472 g/mol. The van der Waals surface area contributed by atoms with Crippen LogP contribution in [0.2, 0.25) is 0 Å². The maximum Gasteiger partial charge on any atom is 0.407 e. The lowest BCUT2D eigenvalue weighted by molar-refractivity contribution is -0.141. The molecule has 4 rings (SSSR count). The first-order chi connectivity index (χ1) is 16.3. The molecule has 3 atom stereocenters. The van der Waals surface area contributed by atoms with Crippen LogP contribution in [0.15, 0.2) is 48.5 Å². The van der Waals surface area contributed by atoms with Gasteiger partial charge in [0, 0.05) is 12.5 Å². The Morgan fingerprint density at radius 1 is 1.06 bits per heavy atom. The molecular weight excluding hydrogens is 446 g/mol. The summed E-state index contributed by atoms with van der Waals surface area (Å²) < 4.78 is 32.6. The number of benzene rings is 2. The van der Waals surface area contributed by atoms with Crippen LogP contribution in [0.25, 0.3) is 11.1 Å². The van der Waals surface area contributed by atoms with Crippen molar-refractivity contribution in [2.75, 3.05) is 13.2 Å². The van der Waals surface area contributed by atoms with E-state index in [1.54, 1.807) is 0 Å². The van der Waals surface area contributed by atoms with E-state index < -0.39 is 48.3 Å². The van der Waals surface area contributed by atoms with Gasteiger partial charge in [0.05, 0.1) is 5.92 Å². The molecule has 2 aliphatic rings. The van der Waals surface area contributed by atoms with Crippen LogP contribution in [0.1, 0.15) is 36.8 Å². The van der Waals surface area contributed by atoms with Crippen molar-refractivity contribution < 1.29 is 33.0 Å². The summed E-state index contributed by atoms with van der Waals surface area (Å²) in [6, 6.07) is 14.8. The van der Waals surface area contributed by atoms with Gasteiger partial charge in [-0.15, -0.1) is 0 Å². The van der Waals surface area contributed by atoms with Gasteiger partial charge in [-0.25, -0.2) is 13.6 Å². The number of aliphatic carboxylic acids is 1. The topological polar surface area (TPSA) is 105 Å². The van der Waals surface area contributed by atoms with Crippen molar-refractivity contribution >= 4 is 18.0 Å². The summed E-state index contributed by atoms with van der Waals surface area (Å²) in [6.07, 6.45) is 0.0500. The molecule has 0 saturated heterocycles. The van der Waals surface area contributed by atoms with Gasteiger partial charge in [0.1, 0.15) is 18.6 Å². The molecule has 0 aromatic heterocycles. The number of rotatable bonds is 9. The Bertz CT molecular complexity index is 1060. The standard InChI is InChI=1S/C25H26F2N2O5/c1-2-7-20(22(30)28-12-19-21(23(31)32)25(19,26)27)29-24(33)34-13-18-16-10-5-3-8-14(16)15-9-4-6-11-17(15)18/h3-6,8-11,18-21H,2,7,12-13H2,1H3,(H,28,30)(H,29,33)(H,31,32)/t19-,20-,21-/m1/s1. The number of amides is 2. The van der Waals surface area contributed by atoms with Crippen LogP contribution in [0.3, 0.4) is 0 Å². The van der Waals surface area contributed by atoms with Gasteiger partial charge >= 0.3 is 12.1 Å². The third-order valence-electron chi connectivity index (χ3n) is 6.49. The fourth-order valence-corrected chi connectivity index (χ4v) is 4.65. The highest BCUT2D eigenvalue weighted by Crippen LogP contribution is 2.54. The quantitative estimate of drug-likeness (QED) is 0.515. The molecule has 180 valence electrons. The van der Waals surface area contributed by atoms with Gasteiger partial charge in [0.25, 0.3) is 5.92 Å². The van der Waals surface area contributed by atoms with Crippen LogP contribution < -0.4 is 10.6 Å². The Morgan fingerprint density at radius 3 is 2.18 bits per heavy atom. The maximum atomic E-state index is 13.6. The highest BCUT2D eigenvalue weighted by Gasteiger charge is 2.72.